The summed E-state index contributed by atoms with van der Waals surface area (Å²) in [6.07, 6.45) is 1.46. The lowest BCUT2D eigenvalue weighted by Gasteiger charge is -2.02. The number of carbonyl (C=O) groups is 1. The second kappa shape index (κ2) is 4.88. The Balaban J connectivity index is 3.82. The third kappa shape index (κ3) is 4.53. The minimum Gasteiger partial charge on any atom is -0.411 e. The van der Waals surface area contributed by atoms with Crippen molar-refractivity contribution in [1.82, 2.24) is 0 Å². The van der Waals surface area contributed by atoms with Crippen molar-refractivity contribution in [2.24, 2.45) is 11.1 Å². The van der Waals surface area contributed by atoms with Gasteiger partial charge in [-0.15, -0.1) is 0 Å². The van der Waals surface area contributed by atoms with Crippen LogP contribution in [0.5, 0.6) is 0 Å². The van der Waals surface area contributed by atoms with Crippen LogP contribution >= 0.6 is 0 Å². The molecule has 0 saturated heterocycles. The van der Waals surface area contributed by atoms with E-state index in [-0.39, 0.29) is 11.5 Å². The molecule has 3 heteroatoms. The summed E-state index contributed by atoms with van der Waals surface area (Å²) < 4.78 is 0. The Bertz CT molecular complexity index is 161. The first-order valence-corrected chi connectivity index (χ1v) is 3.79. The number of carbonyl (C=O) groups excluding carboxylic acids is 1. The number of nitrogens with zero attached hydrogens (tertiary/aromatic N) is 1. The zero-order valence-electron chi connectivity index (χ0n) is 7.29. The van der Waals surface area contributed by atoms with Crippen molar-refractivity contribution in [2.75, 3.05) is 0 Å². The van der Waals surface area contributed by atoms with Crippen molar-refractivity contribution in [3.8, 4) is 0 Å². The highest BCUT2D eigenvalue weighted by Crippen LogP contribution is 2.04. The van der Waals surface area contributed by atoms with Gasteiger partial charge in [0.05, 0.1) is 0 Å². The average molecular weight is 157 g/mol. The monoisotopic (exact) mass is 157 g/mol. The topological polar surface area (TPSA) is 49.7 Å². The van der Waals surface area contributed by atoms with E-state index in [1.54, 1.807) is 0 Å². The molecule has 11 heavy (non-hydrogen) atoms. The summed E-state index contributed by atoms with van der Waals surface area (Å²) in [7, 11) is 0. The fourth-order valence-electron chi connectivity index (χ4n) is 0.722. The molecule has 64 valence electrons. The van der Waals surface area contributed by atoms with E-state index in [9.17, 15) is 4.79 Å². The van der Waals surface area contributed by atoms with E-state index in [0.29, 0.717) is 12.3 Å². The van der Waals surface area contributed by atoms with Crippen LogP contribution in [0.15, 0.2) is 5.16 Å². The van der Waals surface area contributed by atoms with Crippen LogP contribution < -0.4 is 0 Å². The molecule has 0 aromatic rings. The minimum atomic E-state index is -0.145. The molecule has 0 saturated carbocycles. The second-order valence-corrected chi connectivity index (χ2v) is 3.04. The van der Waals surface area contributed by atoms with E-state index in [0.717, 1.165) is 6.42 Å². The first-order chi connectivity index (χ1) is 5.07. The maximum atomic E-state index is 10.7. The summed E-state index contributed by atoms with van der Waals surface area (Å²) >= 11 is 0. The van der Waals surface area contributed by atoms with Crippen molar-refractivity contribution in [2.45, 2.75) is 33.6 Å². The molecule has 0 amide bonds. The maximum Gasteiger partial charge on any atom is 0.177 e. The number of Topliss-reactive ketones (excluding diaryl/α,β-unsaturated/α-hetero) is 1. The lowest BCUT2D eigenvalue weighted by atomic mass is 10.0. The Morgan fingerprint density at radius 3 is 2.36 bits per heavy atom. The lowest BCUT2D eigenvalue weighted by Crippen LogP contribution is -2.10. The summed E-state index contributed by atoms with van der Waals surface area (Å²) in [6, 6.07) is 0. The van der Waals surface area contributed by atoms with Crippen LogP contribution in [0.2, 0.25) is 0 Å². The molecule has 0 aromatic carbocycles. The molecule has 0 heterocycles. The Morgan fingerprint density at radius 2 is 2.09 bits per heavy atom. The van der Waals surface area contributed by atoms with Gasteiger partial charge in [-0.05, 0) is 18.8 Å². The van der Waals surface area contributed by atoms with E-state index in [1.165, 1.54) is 6.92 Å². The average Bonchev–Trinajstić information content (AvgIpc) is 1.87. The van der Waals surface area contributed by atoms with E-state index in [2.05, 4.69) is 19.0 Å². The number of oxime groups is 1. The number of hydrogen-bond acceptors (Lipinski definition) is 3. The molecule has 0 atom stereocenters. The summed E-state index contributed by atoms with van der Waals surface area (Å²) in [5.74, 6) is 0.388. The van der Waals surface area contributed by atoms with Crippen LogP contribution in [0.3, 0.4) is 0 Å². The van der Waals surface area contributed by atoms with Gasteiger partial charge >= 0.3 is 0 Å². The SMILES string of the molecule is CC(=O)C(CCC(C)C)=NO. The molecule has 0 bridgehead atoms. The van der Waals surface area contributed by atoms with Gasteiger partial charge in [0.2, 0.25) is 0 Å². The van der Waals surface area contributed by atoms with Crippen molar-refractivity contribution in [3.63, 3.8) is 0 Å². The summed E-state index contributed by atoms with van der Waals surface area (Å²) in [4.78, 5) is 10.7. The Hall–Kier alpha value is -0.860. The molecule has 0 aliphatic rings. The molecule has 0 fully saturated rings. The number of ketones is 1. The van der Waals surface area contributed by atoms with Crippen LogP contribution in [0.4, 0.5) is 0 Å². The van der Waals surface area contributed by atoms with Gasteiger partial charge < -0.3 is 5.21 Å². The van der Waals surface area contributed by atoms with Crippen LogP contribution in [-0.4, -0.2) is 16.7 Å². The molecule has 0 unspecified atom stereocenters. The molecule has 1 N–H and O–H groups in total. The molecular weight excluding hydrogens is 142 g/mol. The van der Waals surface area contributed by atoms with Gasteiger partial charge in [-0.2, -0.15) is 0 Å². The number of rotatable bonds is 4. The summed E-state index contributed by atoms with van der Waals surface area (Å²) in [5.41, 5.74) is 0.277. The standard InChI is InChI=1S/C8H15NO2/c1-6(2)4-5-8(9-11)7(3)10/h6,11H,4-5H2,1-3H3. The van der Waals surface area contributed by atoms with Crippen molar-refractivity contribution in [1.29, 1.82) is 0 Å². The normalized spacial score (nSPS) is 12.2. The first-order valence-electron chi connectivity index (χ1n) is 3.79. The fourth-order valence-corrected chi connectivity index (χ4v) is 0.722. The molecule has 0 rings (SSSR count). The zero-order chi connectivity index (χ0) is 8.85. The Labute approximate surface area is 67.1 Å². The third-order valence-electron chi connectivity index (χ3n) is 1.49. The molecule has 0 aromatic heterocycles. The van der Waals surface area contributed by atoms with E-state index >= 15 is 0 Å². The quantitative estimate of drug-likeness (QED) is 0.384. The largest absolute Gasteiger partial charge is 0.411 e. The highest BCUT2D eigenvalue weighted by atomic mass is 16.4. The van der Waals surface area contributed by atoms with Gasteiger partial charge in [0.25, 0.3) is 0 Å². The second-order valence-electron chi connectivity index (χ2n) is 3.04. The summed E-state index contributed by atoms with van der Waals surface area (Å²) in [6.45, 7) is 5.54. The highest BCUT2D eigenvalue weighted by Gasteiger charge is 2.06. The van der Waals surface area contributed by atoms with Crippen molar-refractivity contribution >= 4 is 11.5 Å². The third-order valence-corrected chi connectivity index (χ3v) is 1.49. The van der Waals surface area contributed by atoms with E-state index in [4.69, 9.17) is 5.21 Å². The molecule has 3 nitrogen and oxygen atoms in total. The van der Waals surface area contributed by atoms with Gasteiger partial charge in [-0.3, -0.25) is 4.79 Å². The van der Waals surface area contributed by atoms with Crippen LogP contribution in [-0.2, 0) is 4.79 Å². The van der Waals surface area contributed by atoms with Gasteiger partial charge in [0, 0.05) is 6.92 Å². The minimum absolute atomic E-state index is 0.145. The van der Waals surface area contributed by atoms with Crippen molar-refractivity contribution in [3.05, 3.63) is 0 Å². The predicted octanol–water partition coefficient (Wildman–Crippen LogP) is 1.84. The molecule has 0 aliphatic carbocycles. The molecule has 0 radical (unpaired) electrons. The van der Waals surface area contributed by atoms with E-state index in [1.807, 2.05) is 0 Å². The highest BCUT2D eigenvalue weighted by molar-refractivity contribution is 6.38. The maximum absolute atomic E-state index is 10.7. The molecule has 0 spiro atoms. The Kier molecular flexibility index (Phi) is 4.50. The molecular formula is C8H15NO2. The fraction of sp³-hybridized carbons (Fsp3) is 0.750. The summed E-state index contributed by atoms with van der Waals surface area (Å²) in [5, 5.41) is 11.3. The predicted molar refractivity (Wildman–Crippen MR) is 44.0 cm³/mol. The van der Waals surface area contributed by atoms with Gasteiger partial charge in [-0.25, -0.2) is 0 Å². The van der Waals surface area contributed by atoms with Gasteiger partial charge in [0.15, 0.2) is 5.78 Å². The number of hydrogen-bond donors (Lipinski definition) is 1. The van der Waals surface area contributed by atoms with Crippen LogP contribution in [0.25, 0.3) is 0 Å². The van der Waals surface area contributed by atoms with Crippen molar-refractivity contribution < 1.29 is 10.0 Å². The Morgan fingerprint density at radius 1 is 1.55 bits per heavy atom. The lowest BCUT2D eigenvalue weighted by molar-refractivity contribution is -0.111. The molecule has 0 aliphatic heterocycles. The van der Waals surface area contributed by atoms with E-state index < -0.39 is 0 Å². The van der Waals surface area contributed by atoms with Crippen LogP contribution in [0, 0.1) is 5.92 Å². The first kappa shape index (κ1) is 10.1. The van der Waals surface area contributed by atoms with Gasteiger partial charge in [-0.1, -0.05) is 19.0 Å². The van der Waals surface area contributed by atoms with Gasteiger partial charge in [0.1, 0.15) is 5.71 Å². The smallest absolute Gasteiger partial charge is 0.177 e. The zero-order valence-corrected chi connectivity index (χ0v) is 7.29. The van der Waals surface area contributed by atoms with Crippen LogP contribution in [0.1, 0.15) is 33.6 Å².